The van der Waals surface area contributed by atoms with Gasteiger partial charge in [-0.15, -0.1) is 11.8 Å². The molecule has 1 amide bonds. The highest BCUT2D eigenvalue weighted by Crippen LogP contribution is 2.26. The van der Waals surface area contributed by atoms with E-state index in [1.165, 1.54) is 35.2 Å². The van der Waals surface area contributed by atoms with Gasteiger partial charge in [0.2, 0.25) is 0 Å². The lowest BCUT2D eigenvalue weighted by atomic mass is 10.2. The molecular formula is C22H19N3O3S2. The summed E-state index contributed by atoms with van der Waals surface area (Å²) in [5.41, 5.74) is 1.32. The zero-order valence-corrected chi connectivity index (χ0v) is 17.8. The highest BCUT2D eigenvalue weighted by molar-refractivity contribution is 7.99. The predicted molar refractivity (Wildman–Crippen MR) is 119 cm³/mol. The van der Waals surface area contributed by atoms with Crippen molar-refractivity contribution in [3.05, 3.63) is 84.4 Å². The Kier molecular flexibility index (Phi) is 6.77. The van der Waals surface area contributed by atoms with Crippen molar-refractivity contribution in [1.82, 2.24) is 0 Å². The molecule has 152 valence electrons. The van der Waals surface area contributed by atoms with Gasteiger partial charge >= 0.3 is 0 Å². The number of nitriles is 1. The van der Waals surface area contributed by atoms with Crippen molar-refractivity contribution in [2.75, 3.05) is 22.4 Å². The molecule has 0 aliphatic carbocycles. The van der Waals surface area contributed by atoms with E-state index >= 15 is 0 Å². The molecule has 0 aromatic heterocycles. The maximum Gasteiger partial charge on any atom is 0.264 e. The second-order valence-electron chi connectivity index (χ2n) is 6.23. The van der Waals surface area contributed by atoms with Crippen LogP contribution >= 0.6 is 11.8 Å². The molecule has 0 spiro atoms. The molecule has 0 aliphatic rings. The Morgan fingerprint density at radius 3 is 2.47 bits per heavy atom. The van der Waals surface area contributed by atoms with E-state index in [4.69, 9.17) is 5.26 Å². The van der Waals surface area contributed by atoms with Crippen LogP contribution in [-0.2, 0) is 10.0 Å². The number of hydrogen-bond donors (Lipinski definition) is 1. The van der Waals surface area contributed by atoms with Crippen molar-refractivity contribution in [3.8, 4) is 6.07 Å². The van der Waals surface area contributed by atoms with Gasteiger partial charge in [-0.3, -0.25) is 9.10 Å². The van der Waals surface area contributed by atoms with E-state index in [9.17, 15) is 13.2 Å². The number of thioether (sulfide) groups is 1. The minimum Gasteiger partial charge on any atom is -0.322 e. The van der Waals surface area contributed by atoms with Crippen LogP contribution in [0.2, 0.25) is 0 Å². The van der Waals surface area contributed by atoms with Gasteiger partial charge in [0.1, 0.15) is 0 Å². The van der Waals surface area contributed by atoms with Crippen LogP contribution in [0.3, 0.4) is 0 Å². The lowest BCUT2D eigenvalue weighted by Gasteiger charge is -2.20. The number of carbonyl (C=O) groups excluding carboxylic acids is 1. The standard InChI is InChI=1S/C22H19N3O3S2/c1-25(18-9-3-2-4-10-18)30(27,28)19-11-7-8-17(16-19)24-22(26)20-12-5-6-13-21(20)29-15-14-23/h2-13,16H,15H2,1H3,(H,24,26). The van der Waals surface area contributed by atoms with Crippen LogP contribution in [0, 0.1) is 11.3 Å². The number of carbonyl (C=O) groups is 1. The summed E-state index contributed by atoms with van der Waals surface area (Å²) in [6, 6.07) is 23.9. The smallest absolute Gasteiger partial charge is 0.264 e. The molecule has 0 saturated carbocycles. The Balaban J connectivity index is 1.84. The number of benzene rings is 3. The average Bonchev–Trinajstić information content (AvgIpc) is 2.78. The van der Waals surface area contributed by atoms with Gasteiger partial charge < -0.3 is 5.32 Å². The fraction of sp³-hybridized carbons (Fsp3) is 0.0909. The van der Waals surface area contributed by atoms with Crippen LogP contribution in [0.25, 0.3) is 0 Å². The van der Waals surface area contributed by atoms with Crippen molar-refractivity contribution < 1.29 is 13.2 Å². The highest BCUT2D eigenvalue weighted by atomic mass is 32.2. The molecule has 0 aliphatic heterocycles. The molecule has 0 atom stereocenters. The lowest BCUT2D eigenvalue weighted by molar-refractivity contribution is 0.102. The third-order valence-corrected chi connectivity index (χ3v) is 7.02. The van der Waals surface area contributed by atoms with Crippen molar-refractivity contribution in [2.24, 2.45) is 0 Å². The quantitative estimate of drug-likeness (QED) is 0.554. The molecule has 1 N–H and O–H groups in total. The molecule has 8 heteroatoms. The summed E-state index contributed by atoms with van der Waals surface area (Å²) in [5, 5.41) is 11.5. The molecule has 3 aromatic carbocycles. The van der Waals surface area contributed by atoms with Crippen molar-refractivity contribution in [3.63, 3.8) is 0 Å². The number of anilines is 2. The minimum atomic E-state index is -3.79. The van der Waals surface area contributed by atoms with Crippen LogP contribution < -0.4 is 9.62 Å². The Hall–Kier alpha value is -3.28. The molecule has 3 rings (SSSR count). The Bertz CT molecular complexity index is 1190. The second kappa shape index (κ2) is 9.48. The van der Waals surface area contributed by atoms with Gasteiger partial charge in [0.25, 0.3) is 15.9 Å². The summed E-state index contributed by atoms with van der Waals surface area (Å²) in [4.78, 5) is 13.5. The maximum absolute atomic E-state index is 13.0. The van der Waals surface area contributed by atoms with Gasteiger partial charge in [0, 0.05) is 17.6 Å². The summed E-state index contributed by atoms with van der Waals surface area (Å²) in [7, 11) is -2.31. The van der Waals surface area contributed by atoms with Crippen LogP contribution in [0.15, 0.2) is 88.7 Å². The van der Waals surface area contributed by atoms with E-state index < -0.39 is 10.0 Å². The fourth-order valence-electron chi connectivity index (χ4n) is 2.76. The van der Waals surface area contributed by atoms with E-state index in [1.54, 1.807) is 60.7 Å². The Morgan fingerprint density at radius 2 is 1.73 bits per heavy atom. The topological polar surface area (TPSA) is 90.3 Å². The summed E-state index contributed by atoms with van der Waals surface area (Å²) in [6.07, 6.45) is 0. The minimum absolute atomic E-state index is 0.0683. The third-order valence-electron chi connectivity index (χ3n) is 4.29. The van der Waals surface area contributed by atoms with Gasteiger partial charge in [0.05, 0.1) is 28.0 Å². The van der Waals surface area contributed by atoms with Crippen molar-refractivity contribution >= 4 is 39.1 Å². The molecule has 6 nitrogen and oxygen atoms in total. The fourth-order valence-corrected chi connectivity index (χ4v) is 4.71. The van der Waals surface area contributed by atoms with Crippen LogP contribution in [0.5, 0.6) is 0 Å². The average molecular weight is 438 g/mol. The summed E-state index contributed by atoms with van der Waals surface area (Å²) in [5.74, 6) is -0.147. The first-order valence-electron chi connectivity index (χ1n) is 8.97. The predicted octanol–water partition coefficient (Wildman–Crippen LogP) is 4.38. The number of hydrogen-bond acceptors (Lipinski definition) is 5. The molecule has 30 heavy (non-hydrogen) atoms. The second-order valence-corrected chi connectivity index (χ2v) is 9.22. The molecule has 0 unspecified atom stereocenters. The van der Waals surface area contributed by atoms with Crippen molar-refractivity contribution in [1.29, 1.82) is 5.26 Å². The monoisotopic (exact) mass is 437 g/mol. The third kappa shape index (κ3) is 4.82. The largest absolute Gasteiger partial charge is 0.322 e. The van der Waals surface area contributed by atoms with Gasteiger partial charge in [-0.25, -0.2) is 8.42 Å². The molecule has 3 aromatic rings. The molecule has 0 radical (unpaired) electrons. The first-order chi connectivity index (χ1) is 14.4. The van der Waals surface area contributed by atoms with Gasteiger partial charge in [0.15, 0.2) is 0 Å². The number of rotatable bonds is 7. The van der Waals surface area contributed by atoms with Gasteiger partial charge in [-0.05, 0) is 42.5 Å². The zero-order chi connectivity index (χ0) is 21.6. The van der Waals surface area contributed by atoms with E-state index in [0.29, 0.717) is 21.8 Å². The maximum atomic E-state index is 13.0. The lowest BCUT2D eigenvalue weighted by Crippen LogP contribution is -2.26. The van der Waals surface area contributed by atoms with Crippen LogP contribution in [-0.4, -0.2) is 27.1 Å². The number of amides is 1. The Morgan fingerprint density at radius 1 is 1.03 bits per heavy atom. The molecule has 0 heterocycles. The van der Waals surface area contributed by atoms with Crippen molar-refractivity contribution in [2.45, 2.75) is 9.79 Å². The first-order valence-corrected chi connectivity index (χ1v) is 11.4. The summed E-state index contributed by atoms with van der Waals surface area (Å²) >= 11 is 1.27. The highest BCUT2D eigenvalue weighted by Gasteiger charge is 2.22. The summed E-state index contributed by atoms with van der Waals surface area (Å²) in [6.45, 7) is 0. The first kappa shape index (κ1) is 21.4. The van der Waals surface area contributed by atoms with Gasteiger partial charge in [-0.2, -0.15) is 5.26 Å². The van der Waals surface area contributed by atoms with E-state index in [0.717, 1.165) is 0 Å². The molecule has 0 fully saturated rings. The van der Waals surface area contributed by atoms with Gasteiger partial charge in [-0.1, -0.05) is 36.4 Å². The van der Waals surface area contributed by atoms with E-state index in [1.807, 2.05) is 12.1 Å². The Labute approximate surface area is 180 Å². The zero-order valence-electron chi connectivity index (χ0n) is 16.1. The molecule has 0 bridgehead atoms. The number of nitrogens with one attached hydrogen (secondary N) is 1. The van der Waals surface area contributed by atoms with E-state index in [2.05, 4.69) is 5.32 Å². The SMILES string of the molecule is CN(c1ccccc1)S(=O)(=O)c1cccc(NC(=O)c2ccccc2SCC#N)c1. The van der Waals surface area contributed by atoms with Crippen LogP contribution in [0.4, 0.5) is 11.4 Å². The molecule has 0 saturated heterocycles. The van der Waals surface area contributed by atoms with E-state index in [-0.39, 0.29) is 16.6 Å². The van der Waals surface area contributed by atoms with Crippen LogP contribution in [0.1, 0.15) is 10.4 Å². The normalized spacial score (nSPS) is 10.8. The number of para-hydroxylation sites is 1. The number of nitrogens with zero attached hydrogens (tertiary/aromatic N) is 2. The number of sulfonamides is 1. The molecular weight excluding hydrogens is 418 g/mol. The summed E-state index contributed by atoms with van der Waals surface area (Å²) < 4.78 is 27.2.